The van der Waals surface area contributed by atoms with E-state index in [0.29, 0.717) is 13.1 Å². The summed E-state index contributed by atoms with van der Waals surface area (Å²) in [5.41, 5.74) is 1.64. The molecule has 0 spiro atoms. The van der Waals surface area contributed by atoms with Crippen LogP contribution in [0.2, 0.25) is 0 Å². The molecule has 2 saturated heterocycles. The van der Waals surface area contributed by atoms with Crippen molar-refractivity contribution in [3.63, 3.8) is 0 Å². The molecule has 1 N–H and O–H groups in total. The Morgan fingerprint density at radius 3 is 2.27 bits per heavy atom. The summed E-state index contributed by atoms with van der Waals surface area (Å²) in [6.07, 6.45) is 0.911. The van der Waals surface area contributed by atoms with Crippen molar-refractivity contribution in [1.82, 2.24) is 15.1 Å². The molecule has 132 valence electrons. The van der Waals surface area contributed by atoms with Crippen LogP contribution in [0, 0.1) is 11.3 Å². The Morgan fingerprint density at radius 2 is 1.69 bits per heavy atom. The van der Waals surface area contributed by atoms with E-state index in [1.54, 1.807) is 0 Å². The highest BCUT2D eigenvalue weighted by molar-refractivity contribution is 5.80. The molecule has 2 aliphatic heterocycles. The Labute approximate surface area is 153 Å². The largest absolute Gasteiger partial charge is 0.323 e. The van der Waals surface area contributed by atoms with Crippen LogP contribution in [0.1, 0.15) is 17.5 Å². The molecule has 2 aliphatic rings. The van der Waals surface area contributed by atoms with E-state index in [0.717, 1.165) is 30.6 Å². The molecule has 0 bridgehead atoms. The molecule has 5 nitrogen and oxygen atoms in total. The number of nitrogens with one attached hydrogen (secondary N) is 1. The first-order valence-corrected chi connectivity index (χ1v) is 9.02. The Hall–Kier alpha value is -2.84. The van der Waals surface area contributed by atoms with Gasteiger partial charge in [0.05, 0.1) is 19.2 Å². The normalized spacial score (nSPS) is 22.2. The van der Waals surface area contributed by atoms with E-state index in [9.17, 15) is 4.79 Å². The van der Waals surface area contributed by atoms with Crippen molar-refractivity contribution in [2.45, 2.75) is 18.0 Å². The van der Waals surface area contributed by atoms with E-state index in [-0.39, 0.29) is 12.1 Å². The van der Waals surface area contributed by atoms with Gasteiger partial charge < -0.3 is 10.2 Å². The molecule has 1 atom stereocenters. The van der Waals surface area contributed by atoms with E-state index < -0.39 is 5.54 Å². The molecule has 0 aromatic heterocycles. The predicted octanol–water partition coefficient (Wildman–Crippen LogP) is 2.55. The van der Waals surface area contributed by atoms with Crippen LogP contribution in [0.3, 0.4) is 0 Å². The summed E-state index contributed by atoms with van der Waals surface area (Å²) in [7, 11) is 0. The maximum absolute atomic E-state index is 12.9. The molecule has 2 heterocycles. The van der Waals surface area contributed by atoms with E-state index in [1.807, 2.05) is 41.3 Å². The summed E-state index contributed by atoms with van der Waals surface area (Å²) in [4.78, 5) is 17.0. The minimum absolute atomic E-state index is 0.0264. The number of nitriles is 1. The number of amides is 2. The molecule has 1 unspecified atom stereocenters. The quantitative estimate of drug-likeness (QED) is 0.866. The van der Waals surface area contributed by atoms with Crippen molar-refractivity contribution in [2.75, 3.05) is 26.2 Å². The van der Waals surface area contributed by atoms with Crippen LogP contribution in [0.4, 0.5) is 4.79 Å². The molecule has 26 heavy (non-hydrogen) atoms. The van der Waals surface area contributed by atoms with Crippen LogP contribution in [0.15, 0.2) is 60.7 Å². The number of hydrogen-bond donors (Lipinski definition) is 1. The van der Waals surface area contributed by atoms with Crippen LogP contribution < -0.4 is 5.32 Å². The van der Waals surface area contributed by atoms with Gasteiger partial charge in [-0.1, -0.05) is 60.7 Å². The molecule has 0 saturated carbocycles. The predicted molar refractivity (Wildman–Crippen MR) is 99.4 cm³/mol. The Kier molecular flexibility index (Phi) is 4.36. The first kappa shape index (κ1) is 16.6. The van der Waals surface area contributed by atoms with Crippen LogP contribution in [-0.4, -0.2) is 48.1 Å². The molecule has 0 aliphatic carbocycles. The monoisotopic (exact) mass is 346 g/mol. The topological polar surface area (TPSA) is 59.4 Å². The molecule has 2 aromatic carbocycles. The Morgan fingerprint density at radius 1 is 1.08 bits per heavy atom. The van der Waals surface area contributed by atoms with Crippen LogP contribution in [-0.2, 0) is 5.54 Å². The highest BCUT2D eigenvalue weighted by atomic mass is 16.2. The molecular formula is C21H22N4O. The maximum Gasteiger partial charge on any atom is 0.318 e. The number of likely N-dealkylation sites (tertiary alicyclic amines) is 1. The third kappa shape index (κ3) is 2.83. The van der Waals surface area contributed by atoms with Gasteiger partial charge in [-0.2, -0.15) is 5.26 Å². The third-order valence-electron chi connectivity index (χ3n) is 5.50. The van der Waals surface area contributed by atoms with Gasteiger partial charge in [-0.15, -0.1) is 0 Å². The first-order chi connectivity index (χ1) is 12.7. The third-order valence-corrected chi connectivity index (χ3v) is 5.50. The van der Waals surface area contributed by atoms with Gasteiger partial charge in [0.2, 0.25) is 0 Å². The Bertz CT molecular complexity index is 775. The molecule has 2 amide bonds. The molecule has 2 aromatic rings. The number of carbonyl (C=O) groups is 1. The second-order valence-electron chi connectivity index (χ2n) is 7.03. The lowest BCUT2D eigenvalue weighted by atomic mass is 9.83. The van der Waals surface area contributed by atoms with Gasteiger partial charge in [-0.3, -0.25) is 4.90 Å². The van der Waals surface area contributed by atoms with Gasteiger partial charge >= 0.3 is 6.03 Å². The second-order valence-corrected chi connectivity index (χ2v) is 7.03. The van der Waals surface area contributed by atoms with E-state index in [1.165, 1.54) is 0 Å². The Balaban J connectivity index is 1.67. The first-order valence-electron chi connectivity index (χ1n) is 9.02. The van der Waals surface area contributed by atoms with Gasteiger partial charge in [-0.25, -0.2) is 4.79 Å². The van der Waals surface area contributed by atoms with Gasteiger partial charge in [0.25, 0.3) is 0 Å². The number of carbonyl (C=O) groups excluding carboxylic acids is 1. The minimum Gasteiger partial charge on any atom is -0.323 e. The average Bonchev–Trinajstić information content (AvgIpc) is 3.28. The van der Waals surface area contributed by atoms with Crippen molar-refractivity contribution < 1.29 is 4.79 Å². The fraction of sp³-hybridized carbons (Fsp3) is 0.333. The lowest BCUT2D eigenvalue weighted by Gasteiger charge is -2.31. The van der Waals surface area contributed by atoms with Crippen LogP contribution in [0.5, 0.6) is 0 Å². The van der Waals surface area contributed by atoms with Crippen molar-refractivity contribution in [3.05, 3.63) is 71.8 Å². The molecule has 5 heteroatoms. The molecule has 4 rings (SSSR count). The van der Waals surface area contributed by atoms with E-state index >= 15 is 0 Å². The van der Waals surface area contributed by atoms with Gasteiger partial charge in [0.15, 0.2) is 0 Å². The standard InChI is InChI=1S/C21H22N4O/c22-12-14-24-13-11-19(15-24)25-16-21(23-20(25)26,17-7-3-1-4-8-17)18-9-5-2-6-10-18/h1-10,19H,11,13-16H2,(H,23,26). The molecule has 2 fully saturated rings. The summed E-state index contributed by atoms with van der Waals surface area (Å²) in [5, 5.41) is 12.2. The number of rotatable bonds is 4. The lowest BCUT2D eigenvalue weighted by molar-refractivity contribution is 0.196. The minimum atomic E-state index is -0.539. The summed E-state index contributed by atoms with van der Waals surface area (Å²) >= 11 is 0. The smallest absolute Gasteiger partial charge is 0.318 e. The number of hydrogen-bond acceptors (Lipinski definition) is 3. The summed E-state index contributed by atoms with van der Waals surface area (Å²) in [6, 6.07) is 22.7. The fourth-order valence-corrected chi connectivity index (χ4v) is 4.17. The summed E-state index contributed by atoms with van der Waals surface area (Å²) in [5.74, 6) is 0. The average molecular weight is 346 g/mol. The fourth-order valence-electron chi connectivity index (χ4n) is 4.17. The van der Waals surface area contributed by atoms with Crippen LogP contribution in [0.25, 0.3) is 0 Å². The van der Waals surface area contributed by atoms with Crippen molar-refractivity contribution in [2.24, 2.45) is 0 Å². The zero-order chi connectivity index (χ0) is 18.0. The maximum atomic E-state index is 12.9. The zero-order valence-electron chi connectivity index (χ0n) is 14.6. The van der Waals surface area contributed by atoms with E-state index in [2.05, 4.69) is 40.6 Å². The van der Waals surface area contributed by atoms with Crippen molar-refractivity contribution in [1.29, 1.82) is 5.26 Å². The summed E-state index contributed by atoms with van der Waals surface area (Å²) in [6.45, 7) is 2.66. The number of urea groups is 1. The van der Waals surface area contributed by atoms with Gasteiger partial charge in [0.1, 0.15) is 5.54 Å². The molecular weight excluding hydrogens is 324 g/mol. The number of benzene rings is 2. The zero-order valence-corrected chi connectivity index (χ0v) is 14.6. The molecule has 0 radical (unpaired) electrons. The lowest BCUT2D eigenvalue weighted by Crippen LogP contribution is -2.41. The van der Waals surface area contributed by atoms with Crippen molar-refractivity contribution >= 4 is 6.03 Å². The van der Waals surface area contributed by atoms with Gasteiger partial charge in [-0.05, 0) is 17.5 Å². The summed E-state index contributed by atoms with van der Waals surface area (Å²) < 4.78 is 0. The highest BCUT2D eigenvalue weighted by Crippen LogP contribution is 2.36. The van der Waals surface area contributed by atoms with Crippen LogP contribution >= 0.6 is 0 Å². The van der Waals surface area contributed by atoms with E-state index in [4.69, 9.17) is 5.26 Å². The van der Waals surface area contributed by atoms with Gasteiger partial charge in [0, 0.05) is 19.1 Å². The number of nitrogens with zero attached hydrogens (tertiary/aromatic N) is 3. The second kappa shape index (κ2) is 6.81. The highest BCUT2D eigenvalue weighted by Gasteiger charge is 2.48. The van der Waals surface area contributed by atoms with Crippen molar-refractivity contribution in [3.8, 4) is 6.07 Å². The SMILES string of the molecule is N#CCN1CCC(N2CC(c3ccccc3)(c3ccccc3)NC2=O)C1.